The lowest BCUT2D eigenvalue weighted by Crippen LogP contribution is -2.07. The lowest BCUT2D eigenvalue weighted by Gasteiger charge is -2.05. The summed E-state index contributed by atoms with van der Waals surface area (Å²) in [6, 6.07) is 13.9. The van der Waals surface area contributed by atoms with Gasteiger partial charge in [-0.1, -0.05) is 30.3 Å². The zero-order chi connectivity index (χ0) is 17.8. The fourth-order valence-corrected chi connectivity index (χ4v) is 2.41. The van der Waals surface area contributed by atoms with Crippen molar-refractivity contribution in [2.45, 2.75) is 0 Å². The van der Waals surface area contributed by atoms with E-state index in [9.17, 15) is 9.59 Å². The lowest BCUT2D eigenvalue weighted by atomic mass is 10.1. The fourth-order valence-electron chi connectivity index (χ4n) is 2.41. The van der Waals surface area contributed by atoms with Crippen molar-refractivity contribution in [3.05, 3.63) is 70.9 Å². The van der Waals surface area contributed by atoms with Crippen molar-refractivity contribution in [1.29, 1.82) is 0 Å². The molecule has 1 aliphatic heterocycles. The van der Waals surface area contributed by atoms with Gasteiger partial charge in [0, 0.05) is 0 Å². The molecule has 0 N–H and O–H groups in total. The Hall–Kier alpha value is -3.41. The minimum absolute atomic E-state index is 0.0947. The molecule has 0 fully saturated rings. The van der Waals surface area contributed by atoms with E-state index in [0.29, 0.717) is 22.4 Å². The molecule has 1 heterocycles. The maximum Gasteiger partial charge on any atom is 0.363 e. The summed E-state index contributed by atoms with van der Waals surface area (Å²) in [7, 11) is 2.83. The first-order chi connectivity index (χ1) is 12.1. The van der Waals surface area contributed by atoms with Crippen molar-refractivity contribution in [2.75, 3.05) is 14.2 Å². The molecule has 0 aliphatic carbocycles. The summed E-state index contributed by atoms with van der Waals surface area (Å²) < 4.78 is 15.3. The van der Waals surface area contributed by atoms with E-state index >= 15 is 0 Å². The molecular weight excluding hydrogens is 322 g/mol. The highest BCUT2D eigenvalue weighted by Crippen LogP contribution is 2.25. The quantitative estimate of drug-likeness (QED) is 0.633. The molecule has 1 aliphatic rings. The third-order valence-electron chi connectivity index (χ3n) is 3.62. The van der Waals surface area contributed by atoms with E-state index in [4.69, 9.17) is 14.2 Å². The van der Waals surface area contributed by atoms with Crippen molar-refractivity contribution in [1.82, 2.24) is 0 Å². The fraction of sp³-hybridized carbons (Fsp3) is 0.105. The van der Waals surface area contributed by atoms with Gasteiger partial charge in [-0.2, -0.15) is 0 Å². The number of aliphatic imine (C=N–C) groups is 1. The number of cyclic esters (lactones) is 1. The molecule has 0 spiro atoms. The van der Waals surface area contributed by atoms with Crippen molar-refractivity contribution < 1.29 is 23.8 Å². The van der Waals surface area contributed by atoms with Gasteiger partial charge in [-0.15, -0.1) is 0 Å². The van der Waals surface area contributed by atoms with Crippen LogP contribution < -0.4 is 4.74 Å². The molecule has 0 saturated carbocycles. The summed E-state index contributed by atoms with van der Waals surface area (Å²) in [5, 5.41) is 0. The smallest absolute Gasteiger partial charge is 0.363 e. The topological polar surface area (TPSA) is 74.2 Å². The molecule has 2 aromatic carbocycles. The zero-order valence-corrected chi connectivity index (χ0v) is 13.7. The van der Waals surface area contributed by atoms with Crippen LogP contribution in [-0.4, -0.2) is 32.1 Å². The maximum absolute atomic E-state index is 12.2. The van der Waals surface area contributed by atoms with Crippen LogP contribution in [0.15, 0.2) is 59.2 Å². The van der Waals surface area contributed by atoms with Crippen molar-refractivity contribution in [3.8, 4) is 5.75 Å². The molecule has 0 atom stereocenters. The Labute approximate surface area is 144 Å². The van der Waals surface area contributed by atoms with Crippen LogP contribution in [0.4, 0.5) is 0 Å². The minimum atomic E-state index is -0.597. The lowest BCUT2D eigenvalue weighted by molar-refractivity contribution is -0.129. The van der Waals surface area contributed by atoms with Gasteiger partial charge in [0.1, 0.15) is 5.75 Å². The predicted octanol–water partition coefficient (Wildman–Crippen LogP) is 2.83. The molecule has 0 aromatic heterocycles. The number of hydrogen-bond donors (Lipinski definition) is 0. The van der Waals surface area contributed by atoms with Gasteiger partial charge in [-0.25, -0.2) is 14.6 Å². The highest BCUT2D eigenvalue weighted by atomic mass is 16.6. The van der Waals surface area contributed by atoms with Crippen LogP contribution in [0.1, 0.15) is 21.5 Å². The zero-order valence-electron chi connectivity index (χ0n) is 13.7. The van der Waals surface area contributed by atoms with Crippen LogP contribution in [0.25, 0.3) is 6.08 Å². The van der Waals surface area contributed by atoms with E-state index in [1.54, 1.807) is 42.5 Å². The number of methoxy groups -OCH3 is 2. The molecule has 2 aromatic rings. The molecule has 6 heteroatoms. The molecule has 25 heavy (non-hydrogen) atoms. The molecular formula is C19H15NO5. The molecule has 0 saturated heterocycles. The van der Waals surface area contributed by atoms with Crippen LogP contribution in [0.2, 0.25) is 0 Å². The van der Waals surface area contributed by atoms with Gasteiger partial charge in [-0.05, 0) is 29.8 Å². The Morgan fingerprint density at radius 1 is 1.08 bits per heavy atom. The van der Waals surface area contributed by atoms with Gasteiger partial charge in [0.2, 0.25) is 5.90 Å². The largest absolute Gasteiger partial charge is 0.496 e. The number of hydrogen-bond acceptors (Lipinski definition) is 6. The Morgan fingerprint density at radius 3 is 2.56 bits per heavy atom. The first kappa shape index (κ1) is 16.4. The van der Waals surface area contributed by atoms with E-state index in [1.165, 1.54) is 20.3 Å². The molecule has 3 rings (SSSR count). The monoisotopic (exact) mass is 337 g/mol. The van der Waals surface area contributed by atoms with Crippen molar-refractivity contribution in [2.24, 2.45) is 4.99 Å². The second kappa shape index (κ2) is 7.00. The predicted molar refractivity (Wildman–Crippen MR) is 91.4 cm³/mol. The molecule has 0 radical (unpaired) electrons. The van der Waals surface area contributed by atoms with Crippen LogP contribution in [0.3, 0.4) is 0 Å². The standard InChI is InChI=1S/C19H15NO5/c1-23-16-10-6-5-9-14(16)17-20-15(19(22)25-17)11-12-7-3-4-8-13(12)18(21)24-2/h3-11H,1-2H3/b15-11-. The average molecular weight is 337 g/mol. The van der Waals surface area contributed by atoms with Crippen LogP contribution in [-0.2, 0) is 14.3 Å². The minimum Gasteiger partial charge on any atom is -0.496 e. The van der Waals surface area contributed by atoms with Crippen molar-refractivity contribution >= 4 is 23.9 Å². The van der Waals surface area contributed by atoms with Gasteiger partial charge in [-0.3, -0.25) is 0 Å². The number of nitrogens with zero attached hydrogens (tertiary/aromatic N) is 1. The molecule has 126 valence electrons. The Balaban J connectivity index is 2.02. The normalized spacial score (nSPS) is 14.9. The molecule has 0 unspecified atom stereocenters. The van der Waals surface area contributed by atoms with Crippen LogP contribution >= 0.6 is 0 Å². The molecule has 6 nitrogen and oxygen atoms in total. The number of carbonyl (C=O) groups excluding carboxylic acids is 2. The summed E-state index contributed by atoms with van der Waals surface area (Å²) in [5.41, 5.74) is 1.53. The number of rotatable bonds is 4. The summed E-state index contributed by atoms with van der Waals surface area (Å²) in [5.74, 6) is -0.386. The third-order valence-corrected chi connectivity index (χ3v) is 3.62. The highest BCUT2D eigenvalue weighted by molar-refractivity contribution is 6.14. The van der Waals surface area contributed by atoms with Gasteiger partial charge in [0.05, 0.1) is 25.3 Å². The molecule has 0 bridgehead atoms. The summed E-state index contributed by atoms with van der Waals surface area (Å²) in [4.78, 5) is 28.2. The number of ether oxygens (including phenoxy) is 3. The van der Waals surface area contributed by atoms with E-state index in [0.717, 1.165) is 0 Å². The first-order valence-corrected chi connectivity index (χ1v) is 7.47. The molecule has 0 amide bonds. The maximum atomic E-state index is 12.2. The highest BCUT2D eigenvalue weighted by Gasteiger charge is 2.26. The second-order valence-corrected chi connectivity index (χ2v) is 5.12. The summed E-state index contributed by atoms with van der Waals surface area (Å²) in [6.07, 6.45) is 1.50. The van der Waals surface area contributed by atoms with E-state index in [2.05, 4.69) is 4.99 Å². The van der Waals surface area contributed by atoms with Gasteiger partial charge < -0.3 is 14.2 Å². The van der Waals surface area contributed by atoms with E-state index < -0.39 is 11.9 Å². The summed E-state index contributed by atoms with van der Waals surface area (Å²) >= 11 is 0. The summed E-state index contributed by atoms with van der Waals surface area (Å²) in [6.45, 7) is 0. The van der Waals surface area contributed by atoms with E-state index in [-0.39, 0.29) is 11.6 Å². The van der Waals surface area contributed by atoms with Crippen LogP contribution in [0, 0.1) is 0 Å². The van der Waals surface area contributed by atoms with Gasteiger partial charge in [0.25, 0.3) is 0 Å². The SMILES string of the molecule is COC(=O)c1ccccc1/C=C1\N=C(c2ccccc2OC)OC1=O. The van der Waals surface area contributed by atoms with E-state index in [1.807, 2.05) is 6.07 Å². The Kier molecular flexibility index (Phi) is 4.61. The number of benzene rings is 2. The number of esters is 2. The first-order valence-electron chi connectivity index (χ1n) is 7.47. The Bertz CT molecular complexity index is 898. The van der Waals surface area contributed by atoms with Gasteiger partial charge in [0.15, 0.2) is 5.70 Å². The third kappa shape index (κ3) is 3.28. The number of carbonyl (C=O) groups is 2. The average Bonchev–Trinajstić information content (AvgIpc) is 3.02. The van der Waals surface area contributed by atoms with Crippen LogP contribution in [0.5, 0.6) is 5.75 Å². The van der Waals surface area contributed by atoms with Gasteiger partial charge >= 0.3 is 11.9 Å². The number of para-hydroxylation sites is 1. The second-order valence-electron chi connectivity index (χ2n) is 5.12. The Morgan fingerprint density at radius 2 is 1.80 bits per heavy atom. The van der Waals surface area contributed by atoms with Crippen molar-refractivity contribution in [3.63, 3.8) is 0 Å².